The number of likely N-dealkylation sites (tertiary alicyclic amines) is 1. The molecule has 7 heteroatoms. The Hall–Kier alpha value is -3.09. The van der Waals surface area contributed by atoms with Gasteiger partial charge in [0.1, 0.15) is 23.8 Å². The Morgan fingerprint density at radius 1 is 1.03 bits per heavy atom. The number of aromatic nitrogens is 1. The molecule has 1 aromatic heterocycles. The number of carbonyl (C=O) groups is 2. The number of hydrogen-bond donors (Lipinski definition) is 1. The third-order valence-electron chi connectivity index (χ3n) is 4.85. The number of methoxy groups -OCH3 is 1. The molecule has 1 saturated heterocycles. The van der Waals surface area contributed by atoms with Crippen LogP contribution in [-0.4, -0.2) is 55.0 Å². The number of amides is 2. The maximum Gasteiger partial charge on any atom is 0.272 e. The number of ether oxygens (including phenoxy) is 2. The summed E-state index contributed by atoms with van der Waals surface area (Å²) in [7, 11) is 1.61. The molecule has 1 N–H and O–H groups in total. The number of hydrogen-bond acceptors (Lipinski definition) is 5. The molecule has 1 aliphatic heterocycles. The molecule has 154 valence electrons. The predicted octanol–water partition coefficient (Wildman–Crippen LogP) is 2.92. The Kier molecular flexibility index (Phi) is 7.44. The van der Waals surface area contributed by atoms with E-state index < -0.39 is 0 Å². The summed E-state index contributed by atoms with van der Waals surface area (Å²) < 4.78 is 10.7. The highest BCUT2D eigenvalue weighted by molar-refractivity contribution is 5.98. The lowest BCUT2D eigenvalue weighted by Gasteiger charge is -2.19. The summed E-state index contributed by atoms with van der Waals surface area (Å²) in [6.07, 6.45) is 5.84. The number of nitrogens with zero attached hydrogens (tertiary/aromatic N) is 2. The van der Waals surface area contributed by atoms with Crippen molar-refractivity contribution in [1.82, 2.24) is 15.2 Å². The minimum atomic E-state index is -0.254. The van der Waals surface area contributed by atoms with Crippen molar-refractivity contribution in [2.24, 2.45) is 0 Å². The van der Waals surface area contributed by atoms with Crippen LogP contribution in [0.3, 0.4) is 0 Å². The number of pyridine rings is 1. The Morgan fingerprint density at radius 3 is 2.41 bits per heavy atom. The van der Waals surface area contributed by atoms with Crippen molar-refractivity contribution in [2.45, 2.75) is 25.7 Å². The molecule has 2 aromatic rings. The molecule has 29 heavy (non-hydrogen) atoms. The van der Waals surface area contributed by atoms with Gasteiger partial charge in [-0.2, -0.15) is 0 Å². The van der Waals surface area contributed by atoms with E-state index in [0.717, 1.165) is 44.5 Å². The zero-order valence-electron chi connectivity index (χ0n) is 16.7. The molecule has 0 saturated carbocycles. The van der Waals surface area contributed by atoms with Crippen LogP contribution in [0.5, 0.6) is 11.5 Å². The molecule has 0 radical (unpaired) electrons. The third-order valence-corrected chi connectivity index (χ3v) is 4.85. The van der Waals surface area contributed by atoms with Crippen LogP contribution < -0.4 is 14.8 Å². The standard InChI is InChI=1S/C22H27N3O4/c1-28-18-6-8-19(9-7-18)29-15-12-24-21(26)17-10-11-23-20(16-17)22(27)25-13-4-2-3-5-14-25/h6-11,16H,2-5,12-15H2,1H3,(H,24,26). The van der Waals surface area contributed by atoms with Crippen molar-refractivity contribution in [3.63, 3.8) is 0 Å². The second kappa shape index (κ2) is 10.5. The molecule has 2 heterocycles. The van der Waals surface area contributed by atoms with Crippen LogP contribution in [0.4, 0.5) is 0 Å². The van der Waals surface area contributed by atoms with Gasteiger partial charge in [-0.05, 0) is 49.2 Å². The fraction of sp³-hybridized carbons (Fsp3) is 0.409. The normalized spacial score (nSPS) is 14.0. The van der Waals surface area contributed by atoms with Crippen LogP contribution in [0.15, 0.2) is 42.6 Å². The van der Waals surface area contributed by atoms with Crippen molar-refractivity contribution in [3.8, 4) is 11.5 Å². The van der Waals surface area contributed by atoms with Gasteiger partial charge in [-0.3, -0.25) is 14.6 Å². The highest BCUT2D eigenvalue weighted by Gasteiger charge is 2.19. The summed E-state index contributed by atoms with van der Waals surface area (Å²) in [6.45, 7) is 2.19. The molecule has 7 nitrogen and oxygen atoms in total. The van der Waals surface area contributed by atoms with Crippen LogP contribution in [0.1, 0.15) is 46.5 Å². The summed E-state index contributed by atoms with van der Waals surface area (Å²) in [5.41, 5.74) is 0.733. The highest BCUT2D eigenvalue weighted by Crippen LogP contribution is 2.17. The SMILES string of the molecule is COc1ccc(OCCNC(=O)c2ccnc(C(=O)N3CCCCCC3)c2)cc1. The fourth-order valence-electron chi connectivity index (χ4n) is 3.23. The summed E-state index contributed by atoms with van der Waals surface area (Å²) in [4.78, 5) is 31.1. The van der Waals surface area contributed by atoms with Crippen LogP contribution in [0.25, 0.3) is 0 Å². The second-order valence-electron chi connectivity index (χ2n) is 6.92. The van der Waals surface area contributed by atoms with Crippen LogP contribution in [0.2, 0.25) is 0 Å². The second-order valence-corrected chi connectivity index (χ2v) is 6.92. The molecular formula is C22H27N3O4. The van der Waals surface area contributed by atoms with E-state index in [0.29, 0.717) is 30.2 Å². The Balaban J connectivity index is 1.50. The summed E-state index contributed by atoms with van der Waals surface area (Å²) in [5.74, 6) is 1.10. The molecule has 3 rings (SSSR count). The zero-order valence-corrected chi connectivity index (χ0v) is 16.7. The Morgan fingerprint density at radius 2 is 1.72 bits per heavy atom. The van der Waals surface area contributed by atoms with Gasteiger partial charge < -0.3 is 19.7 Å². The van der Waals surface area contributed by atoms with Gasteiger partial charge >= 0.3 is 0 Å². The highest BCUT2D eigenvalue weighted by atomic mass is 16.5. The van der Waals surface area contributed by atoms with Gasteiger partial charge in [0, 0.05) is 24.8 Å². The van der Waals surface area contributed by atoms with Gasteiger partial charge in [0.15, 0.2) is 0 Å². The van der Waals surface area contributed by atoms with E-state index in [-0.39, 0.29) is 11.8 Å². The Bertz CT molecular complexity index is 815. The molecule has 2 amide bonds. The van der Waals surface area contributed by atoms with Crippen molar-refractivity contribution in [2.75, 3.05) is 33.4 Å². The van der Waals surface area contributed by atoms with E-state index in [1.165, 1.54) is 6.20 Å². The molecule has 0 atom stereocenters. The average molecular weight is 397 g/mol. The minimum Gasteiger partial charge on any atom is -0.497 e. The smallest absolute Gasteiger partial charge is 0.272 e. The van der Waals surface area contributed by atoms with E-state index >= 15 is 0 Å². The number of benzene rings is 1. The van der Waals surface area contributed by atoms with Crippen LogP contribution >= 0.6 is 0 Å². The third kappa shape index (κ3) is 5.94. The van der Waals surface area contributed by atoms with Crippen molar-refractivity contribution in [3.05, 3.63) is 53.9 Å². The maximum absolute atomic E-state index is 12.7. The van der Waals surface area contributed by atoms with Crippen molar-refractivity contribution >= 4 is 11.8 Å². The van der Waals surface area contributed by atoms with Gasteiger partial charge in [0.25, 0.3) is 11.8 Å². The zero-order chi connectivity index (χ0) is 20.5. The molecule has 0 aliphatic carbocycles. The molecule has 1 fully saturated rings. The first-order chi connectivity index (χ1) is 14.2. The predicted molar refractivity (Wildman–Crippen MR) is 109 cm³/mol. The van der Waals surface area contributed by atoms with E-state index in [2.05, 4.69) is 10.3 Å². The molecule has 0 bridgehead atoms. The van der Waals surface area contributed by atoms with E-state index in [4.69, 9.17) is 9.47 Å². The van der Waals surface area contributed by atoms with E-state index in [1.807, 2.05) is 29.2 Å². The first-order valence-electron chi connectivity index (χ1n) is 9.98. The van der Waals surface area contributed by atoms with Crippen molar-refractivity contribution in [1.29, 1.82) is 0 Å². The first-order valence-corrected chi connectivity index (χ1v) is 9.98. The molecule has 1 aliphatic rings. The number of carbonyl (C=O) groups excluding carboxylic acids is 2. The lowest BCUT2D eigenvalue weighted by atomic mass is 10.2. The van der Waals surface area contributed by atoms with Gasteiger partial charge in [0.05, 0.1) is 13.7 Å². The molecule has 0 unspecified atom stereocenters. The topological polar surface area (TPSA) is 80.8 Å². The van der Waals surface area contributed by atoms with Gasteiger partial charge in [-0.15, -0.1) is 0 Å². The van der Waals surface area contributed by atoms with Gasteiger partial charge in [-0.1, -0.05) is 12.8 Å². The molecule has 0 spiro atoms. The summed E-state index contributed by atoms with van der Waals surface area (Å²) in [6, 6.07) is 10.4. The van der Waals surface area contributed by atoms with Crippen molar-refractivity contribution < 1.29 is 19.1 Å². The fourth-order valence-corrected chi connectivity index (χ4v) is 3.23. The van der Waals surface area contributed by atoms with Gasteiger partial charge in [-0.25, -0.2) is 0 Å². The first kappa shape index (κ1) is 20.6. The van der Waals surface area contributed by atoms with Crippen LogP contribution in [-0.2, 0) is 0 Å². The minimum absolute atomic E-state index is 0.107. The Labute approximate surface area is 171 Å². The number of rotatable bonds is 7. The lowest BCUT2D eigenvalue weighted by molar-refractivity contribution is 0.0755. The quantitative estimate of drug-likeness (QED) is 0.727. The average Bonchev–Trinajstić information content (AvgIpc) is 3.06. The maximum atomic E-state index is 12.7. The van der Waals surface area contributed by atoms with Crippen LogP contribution in [0, 0.1) is 0 Å². The summed E-state index contributed by atoms with van der Waals surface area (Å²) in [5, 5.41) is 2.81. The van der Waals surface area contributed by atoms with Gasteiger partial charge in [0.2, 0.25) is 0 Å². The molecular weight excluding hydrogens is 370 g/mol. The van der Waals surface area contributed by atoms with E-state index in [9.17, 15) is 9.59 Å². The largest absolute Gasteiger partial charge is 0.497 e. The number of nitrogens with one attached hydrogen (secondary N) is 1. The molecule has 1 aromatic carbocycles. The van der Waals surface area contributed by atoms with E-state index in [1.54, 1.807) is 19.2 Å². The monoisotopic (exact) mass is 397 g/mol. The summed E-state index contributed by atoms with van der Waals surface area (Å²) >= 11 is 0. The lowest BCUT2D eigenvalue weighted by Crippen LogP contribution is -2.33.